The average molecular weight is 402 g/mol. The molecule has 0 saturated carbocycles. The first-order chi connectivity index (χ1) is 13.2. The molecule has 1 fully saturated rings. The molecule has 2 N–H and O–H groups in total. The van der Waals surface area contributed by atoms with E-state index in [0.29, 0.717) is 17.7 Å². The van der Waals surface area contributed by atoms with Crippen LogP contribution in [-0.4, -0.2) is 42.8 Å². The van der Waals surface area contributed by atoms with Gasteiger partial charge in [-0.05, 0) is 49.2 Å². The van der Waals surface area contributed by atoms with E-state index in [2.05, 4.69) is 5.32 Å². The summed E-state index contributed by atoms with van der Waals surface area (Å²) in [4.78, 5) is 23.7. The van der Waals surface area contributed by atoms with E-state index in [4.69, 9.17) is 0 Å². The SMILES string of the molecule is CCc1cc(NCC2CN(S(=O)(=O)c3ccc(C)cc3)C2=O)ccc1C(=O)O. The van der Waals surface area contributed by atoms with Crippen LogP contribution < -0.4 is 5.32 Å². The largest absolute Gasteiger partial charge is 0.478 e. The summed E-state index contributed by atoms with van der Waals surface area (Å²) in [5.74, 6) is -1.86. The highest BCUT2D eigenvalue weighted by Crippen LogP contribution is 2.27. The molecule has 1 amide bonds. The summed E-state index contributed by atoms with van der Waals surface area (Å²) in [6, 6.07) is 11.3. The summed E-state index contributed by atoms with van der Waals surface area (Å²) in [6.45, 7) is 4.14. The average Bonchev–Trinajstić information content (AvgIpc) is 2.66. The first-order valence-electron chi connectivity index (χ1n) is 8.97. The van der Waals surface area contributed by atoms with Crippen molar-refractivity contribution in [1.82, 2.24) is 4.31 Å². The molecule has 148 valence electrons. The first kappa shape index (κ1) is 19.9. The number of β-lactam (4-membered cyclic amide) rings is 1. The highest BCUT2D eigenvalue weighted by molar-refractivity contribution is 7.89. The fourth-order valence-corrected chi connectivity index (χ4v) is 4.61. The molecule has 0 bridgehead atoms. The molecule has 3 rings (SSSR count). The maximum Gasteiger partial charge on any atom is 0.335 e. The standard InChI is InChI=1S/C20H22N2O5S/c1-3-14-10-16(6-9-18(14)20(24)25)21-11-15-12-22(19(15)23)28(26,27)17-7-4-13(2)5-8-17/h4-10,15,21H,3,11-12H2,1-2H3,(H,24,25). The predicted octanol–water partition coefficient (Wildman–Crippen LogP) is 2.51. The topological polar surface area (TPSA) is 104 Å². The quantitative estimate of drug-likeness (QED) is 0.690. The summed E-state index contributed by atoms with van der Waals surface area (Å²) >= 11 is 0. The fraction of sp³-hybridized carbons (Fsp3) is 0.300. The lowest BCUT2D eigenvalue weighted by Crippen LogP contribution is -2.57. The third-order valence-corrected chi connectivity index (χ3v) is 6.64. The van der Waals surface area contributed by atoms with Gasteiger partial charge in [-0.25, -0.2) is 17.5 Å². The lowest BCUT2D eigenvalue weighted by Gasteiger charge is -2.37. The number of carbonyl (C=O) groups is 2. The number of carboxylic acids is 1. The van der Waals surface area contributed by atoms with Crippen molar-refractivity contribution < 1.29 is 23.1 Å². The van der Waals surface area contributed by atoms with Crippen LogP contribution in [0.2, 0.25) is 0 Å². The molecule has 1 heterocycles. The van der Waals surface area contributed by atoms with E-state index in [-0.39, 0.29) is 23.5 Å². The van der Waals surface area contributed by atoms with Crippen molar-refractivity contribution in [2.45, 2.75) is 25.2 Å². The molecule has 1 aliphatic rings. The van der Waals surface area contributed by atoms with Gasteiger partial charge in [0.05, 0.1) is 22.9 Å². The molecule has 0 spiro atoms. The van der Waals surface area contributed by atoms with Crippen molar-refractivity contribution in [3.8, 4) is 0 Å². The van der Waals surface area contributed by atoms with Crippen LogP contribution in [0.15, 0.2) is 47.4 Å². The normalized spacial score (nSPS) is 16.6. The maximum absolute atomic E-state index is 12.6. The number of anilines is 1. The van der Waals surface area contributed by atoms with Crippen LogP contribution >= 0.6 is 0 Å². The number of sulfonamides is 1. The Balaban J connectivity index is 1.64. The van der Waals surface area contributed by atoms with Crippen molar-refractivity contribution >= 4 is 27.6 Å². The molecular formula is C20H22N2O5S. The fourth-order valence-electron chi connectivity index (χ4n) is 3.11. The summed E-state index contributed by atoms with van der Waals surface area (Å²) in [7, 11) is -3.82. The molecule has 2 aromatic carbocycles. The van der Waals surface area contributed by atoms with Crippen LogP contribution in [0.1, 0.15) is 28.4 Å². The van der Waals surface area contributed by atoms with Crippen LogP contribution in [0.3, 0.4) is 0 Å². The van der Waals surface area contributed by atoms with Crippen LogP contribution in [0.5, 0.6) is 0 Å². The lowest BCUT2D eigenvalue weighted by molar-refractivity contribution is -0.139. The van der Waals surface area contributed by atoms with Gasteiger partial charge in [0.1, 0.15) is 0 Å². The summed E-state index contributed by atoms with van der Waals surface area (Å²) in [6.07, 6.45) is 0.572. The Morgan fingerprint density at radius 2 is 1.89 bits per heavy atom. The number of rotatable bonds is 7. The van der Waals surface area contributed by atoms with E-state index in [1.54, 1.807) is 24.3 Å². The van der Waals surface area contributed by atoms with E-state index in [1.165, 1.54) is 18.2 Å². The van der Waals surface area contributed by atoms with Gasteiger partial charge in [-0.15, -0.1) is 0 Å². The number of aryl methyl sites for hydroxylation is 2. The molecule has 28 heavy (non-hydrogen) atoms. The van der Waals surface area contributed by atoms with Gasteiger partial charge in [0.25, 0.3) is 10.0 Å². The number of hydrogen-bond donors (Lipinski definition) is 2. The molecule has 7 nitrogen and oxygen atoms in total. The van der Waals surface area contributed by atoms with Crippen LogP contribution in [-0.2, 0) is 21.2 Å². The van der Waals surface area contributed by atoms with Crippen molar-refractivity contribution in [2.24, 2.45) is 5.92 Å². The number of aromatic carboxylic acids is 1. The number of nitrogens with zero attached hydrogens (tertiary/aromatic N) is 1. The molecule has 8 heteroatoms. The van der Waals surface area contributed by atoms with Crippen LogP contribution in [0.4, 0.5) is 5.69 Å². The zero-order chi connectivity index (χ0) is 20.5. The van der Waals surface area contributed by atoms with Gasteiger partial charge in [-0.2, -0.15) is 0 Å². The Hall–Kier alpha value is -2.87. The molecule has 0 aliphatic carbocycles. The minimum absolute atomic E-state index is 0.106. The van der Waals surface area contributed by atoms with Gasteiger partial charge in [-0.1, -0.05) is 24.6 Å². The van der Waals surface area contributed by atoms with E-state index >= 15 is 0 Å². The second-order valence-corrected chi connectivity index (χ2v) is 8.66. The van der Waals surface area contributed by atoms with Gasteiger partial charge < -0.3 is 10.4 Å². The second-order valence-electron chi connectivity index (χ2n) is 6.80. The second kappa shape index (κ2) is 7.63. The molecule has 2 aromatic rings. The monoisotopic (exact) mass is 402 g/mol. The molecule has 1 aliphatic heterocycles. The zero-order valence-corrected chi connectivity index (χ0v) is 16.5. The van der Waals surface area contributed by atoms with E-state index in [1.807, 2.05) is 13.8 Å². The van der Waals surface area contributed by atoms with E-state index in [0.717, 1.165) is 9.87 Å². The Labute approximate surface area is 164 Å². The Morgan fingerprint density at radius 3 is 2.46 bits per heavy atom. The highest BCUT2D eigenvalue weighted by Gasteiger charge is 2.44. The molecule has 1 saturated heterocycles. The summed E-state index contributed by atoms with van der Waals surface area (Å²) in [5, 5.41) is 12.3. The first-order valence-corrected chi connectivity index (χ1v) is 10.4. The molecule has 0 aromatic heterocycles. The third kappa shape index (κ3) is 3.73. The number of hydrogen-bond acceptors (Lipinski definition) is 5. The zero-order valence-electron chi connectivity index (χ0n) is 15.7. The van der Waals surface area contributed by atoms with Crippen molar-refractivity contribution in [2.75, 3.05) is 18.4 Å². The minimum Gasteiger partial charge on any atom is -0.478 e. The molecule has 1 atom stereocenters. The number of carbonyl (C=O) groups excluding carboxylic acids is 1. The van der Waals surface area contributed by atoms with Crippen molar-refractivity contribution in [3.05, 3.63) is 59.2 Å². The maximum atomic E-state index is 12.6. The summed E-state index contributed by atoms with van der Waals surface area (Å²) in [5.41, 5.74) is 2.59. The van der Waals surface area contributed by atoms with Crippen molar-refractivity contribution in [1.29, 1.82) is 0 Å². The minimum atomic E-state index is -3.82. The molecule has 1 unspecified atom stereocenters. The van der Waals surface area contributed by atoms with Crippen LogP contribution in [0.25, 0.3) is 0 Å². The predicted molar refractivity (Wildman–Crippen MR) is 105 cm³/mol. The number of amides is 1. The number of carboxylic acid groups (broad SMARTS) is 1. The highest BCUT2D eigenvalue weighted by atomic mass is 32.2. The third-order valence-electron chi connectivity index (χ3n) is 4.86. The number of benzene rings is 2. The van der Waals surface area contributed by atoms with Crippen LogP contribution in [0, 0.1) is 12.8 Å². The summed E-state index contributed by atoms with van der Waals surface area (Å²) < 4.78 is 26.0. The van der Waals surface area contributed by atoms with E-state index in [9.17, 15) is 23.1 Å². The molecule has 0 radical (unpaired) electrons. The van der Waals surface area contributed by atoms with Gasteiger partial charge >= 0.3 is 5.97 Å². The van der Waals surface area contributed by atoms with Gasteiger partial charge in [0.2, 0.25) is 5.91 Å². The Bertz CT molecular complexity index is 1020. The Morgan fingerprint density at radius 1 is 1.21 bits per heavy atom. The lowest BCUT2D eigenvalue weighted by atomic mass is 10.0. The Kier molecular flexibility index (Phi) is 5.42. The van der Waals surface area contributed by atoms with Gasteiger partial charge in [0, 0.05) is 12.2 Å². The van der Waals surface area contributed by atoms with E-state index < -0.39 is 27.8 Å². The van der Waals surface area contributed by atoms with Gasteiger partial charge in [0.15, 0.2) is 0 Å². The number of nitrogens with one attached hydrogen (secondary N) is 1. The van der Waals surface area contributed by atoms with Gasteiger partial charge in [-0.3, -0.25) is 4.79 Å². The van der Waals surface area contributed by atoms with Crippen molar-refractivity contribution in [3.63, 3.8) is 0 Å². The molecular weight excluding hydrogens is 380 g/mol. The smallest absolute Gasteiger partial charge is 0.335 e.